The molecule has 0 saturated heterocycles. The van der Waals surface area contributed by atoms with Gasteiger partial charge in [-0.25, -0.2) is 4.39 Å². The molecule has 1 aromatic rings. The van der Waals surface area contributed by atoms with Crippen molar-refractivity contribution < 1.29 is 17.6 Å². The lowest BCUT2D eigenvalue weighted by Crippen LogP contribution is -2.14. The molecule has 0 heterocycles. The van der Waals surface area contributed by atoms with Crippen molar-refractivity contribution in [1.29, 1.82) is 0 Å². The number of benzene rings is 1. The molecule has 0 spiro atoms. The molecule has 0 aliphatic rings. The molecule has 1 aromatic carbocycles. The Hall–Kier alpha value is -0.750. The fourth-order valence-electron chi connectivity index (χ4n) is 1.40. The van der Waals surface area contributed by atoms with Gasteiger partial charge in [-0.2, -0.15) is 24.9 Å². The zero-order chi connectivity index (χ0) is 13.1. The van der Waals surface area contributed by atoms with E-state index in [9.17, 15) is 17.6 Å². The van der Waals surface area contributed by atoms with Crippen molar-refractivity contribution in [3.63, 3.8) is 0 Å². The van der Waals surface area contributed by atoms with Crippen LogP contribution in [0.3, 0.4) is 0 Å². The molecular formula is C11H13F4NS. The number of thioether (sulfide) groups is 1. The molecule has 0 aliphatic carbocycles. The van der Waals surface area contributed by atoms with Crippen LogP contribution in [0.5, 0.6) is 0 Å². The van der Waals surface area contributed by atoms with Crippen LogP contribution in [0, 0.1) is 5.82 Å². The average molecular weight is 267 g/mol. The van der Waals surface area contributed by atoms with Gasteiger partial charge in [0.05, 0.1) is 5.56 Å². The van der Waals surface area contributed by atoms with Crippen LogP contribution in [0.2, 0.25) is 0 Å². The number of hydrogen-bond donors (Lipinski definition) is 1. The summed E-state index contributed by atoms with van der Waals surface area (Å²) in [5, 5.41) is 0. The van der Waals surface area contributed by atoms with Crippen molar-refractivity contribution in [2.24, 2.45) is 5.73 Å². The van der Waals surface area contributed by atoms with Gasteiger partial charge in [0, 0.05) is 6.04 Å². The Labute approximate surface area is 101 Å². The van der Waals surface area contributed by atoms with E-state index in [1.807, 2.05) is 6.26 Å². The zero-order valence-electron chi connectivity index (χ0n) is 9.22. The summed E-state index contributed by atoms with van der Waals surface area (Å²) < 4.78 is 50.4. The average Bonchev–Trinajstić information content (AvgIpc) is 2.25. The number of halogens is 4. The highest BCUT2D eigenvalue weighted by molar-refractivity contribution is 7.98. The Morgan fingerprint density at radius 3 is 2.53 bits per heavy atom. The second kappa shape index (κ2) is 5.73. The summed E-state index contributed by atoms with van der Waals surface area (Å²) in [5.41, 5.74) is 4.80. The number of hydrogen-bond acceptors (Lipinski definition) is 2. The summed E-state index contributed by atoms with van der Waals surface area (Å²) in [6.45, 7) is 0. The monoisotopic (exact) mass is 267 g/mol. The highest BCUT2D eigenvalue weighted by Gasteiger charge is 2.34. The maximum absolute atomic E-state index is 13.0. The molecule has 0 fully saturated rings. The van der Waals surface area contributed by atoms with E-state index in [1.54, 1.807) is 11.8 Å². The third kappa shape index (κ3) is 3.89. The van der Waals surface area contributed by atoms with E-state index >= 15 is 0 Å². The fourth-order valence-corrected chi connectivity index (χ4v) is 1.89. The number of nitrogens with two attached hydrogens (primary N) is 1. The maximum atomic E-state index is 13.0. The van der Waals surface area contributed by atoms with Crippen molar-refractivity contribution in [2.45, 2.75) is 18.6 Å². The summed E-state index contributed by atoms with van der Waals surface area (Å²) in [7, 11) is 0. The van der Waals surface area contributed by atoms with Gasteiger partial charge in [-0.05, 0) is 36.1 Å². The minimum atomic E-state index is -4.68. The minimum absolute atomic E-state index is 0.313. The van der Waals surface area contributed by atoms with Gasteiger partial charge in [0.25, 0.3) is 0 Å². The van der Waals surface area contributed by atoms with Crippen LogP contribution < -0.4 is 5.73 Å². The Bertz CT molecular complexity index is 378. The van der Waals surface area contributed by atoms with Crippen molar-refractivity contribution in [3.8, 4) is 0 Å². The molecule has 1 rings (SSSR count). The number of rotatable bonds is 4. The molecule has 0 aliphatic heterocycles. The second-order valence-corrected chi connectivity index (χ2v) is 4.61. The van der Waals surface area contributed by atoms with E-state index in [4.69, 9.17) is 5.73 Å². The van der Waals surface area contributed by atoms with Crippen molar-refractivity contribution in [1.82, 2.24) is 0 Å². The van der Waals surface area contributed by atoms with Crippen LogP contribution >= 0.6 is 11.8 Å². The first-order valence-electron chi connectivity index (χ1n) is 4.97. The van der Waals surface area contributed by atoms with Crippen LogP contribution in [0.4, 0.5) is 17.6 Å². The van der Waals surface area contributed by atoms with E-state index in [0.29, 0.717) is 12.0 Å². The van der Waals surface area contributed by atoms with E-state index in [1.165, 1.54) is 6.07 Å². The van der Waals surface area contributed by atoms with E-state index < -0.39 is 23.6 Å². The Morgan fingerprint density at radius 2 is 2.00 bits per heavy atom. The first kappa shape index (κ1) is 14.3. The van der Waals surface area contributed by atoms with Crippen LogP contribution in [0.15, 0.2) is 18.2 Å². The highest BCUT2D eigenvalue weighted by atomic mass is 32.2. The van der Waals surface area contributed by atoms with Crippen molar-refractivity contribution in [3.05, 3.63) is 35.1 Å². The van der Waals surface area contributed by atoms with Gasteiger partial charge in [0.1, 0.15) is 5.82 Å². The first-order chi connectivity index (χ1) is 7.86. The molecular weight excluding hydrogens is 254 g/mol. The smallest absolute Gasteiger partial charge is 0.324 e. The molecule has 96 valence electrons. The first-order valence-corrected chi connectivity index (χ1v) is 6.36. The number of alkyl halides is 3. The van der Waals surface area contributed by atoms with Gasteiger partial charge >= 0.3 is 6.18 Å². The standard InChI is InChI=1S/C11H13F4NS/c1-17-5-4-10(16)7-2-3-9(12)8(6-7)11(13,14)15/h2-3,6,10H,4-5,16H2,1H3. The van der Waals surface area contributed by atoms with E-state index in [0.717, 1.165) is 17.9 Å². The maximum Gasteiger partial charge on any atom is 0.419 e. The second-order valence-electron chi connectivity index (χ2n) is 3.63. The molecule has 0 saturated carbocycles. The molecule has 0 radical (unpaired) electrons. The van der Waals surface area contributed by atoms with Gasteiger partial charge in [0.15, 0.2) is 0 Å². The molecule has 1 atom stereocenters. The summed E-state index contributed by atoms with van der Waals surface area (Å²) in [6, 6.07) is 2.41. The van der Waals surface area contributed by atoms with Crippen molar-refractivity contribution >= 4 is 11.8 Å². The molecule has 6 heteroatoms. The predicted molar refractivity (Wildman–Crippen MR) is 61.3 cm³/mol. The normalized spacial score (nSPS) is 13.8. The Balaban J connectivity index is 2.96. The molecule has 1 unspecified atom stereocenters. The fraction of sp³-hybridized carbons (Fsp3) is 0.455. The molecule has 0 bridgehead atoms. The van der Waals surface area contributed by atoms with Gasteiger partial charge in [0.2, 0.25) is 0 Å². The molecule has 17 heavy (non-hydrogen) atoms. The third-order valence-corrected chi connectivity index (χ3v) is 3.00. The van der Waals surface area contributed by atoms with Crippen LogP contribution in [-0.4, -0.2) is 12.0 Å². The molecule has 2 N–H and O–H groups in total. The predicted octanol–water partition coefficient (Wildman–Crippen LogP) is 3.60. The van der Waals surface area contributed by atoms with Gasteiger partial charge in [-0.3, -0.25) is 0 Å². The summed E-state index contributed by atoms with van der Waals surface area (Å²) >= 11 is 1.56. The molecule has 1 nitrogen and oxygen atoms in total. The van der Waals surface area contributed by atoms with E-state index in [2.05, 4.69) is 0 Å². The van der Waals surface area contributed by atoms with E-state index in [-0.39, 0.29) is 0 Å². The lowest BCUT2D eigenvalue weighted by atomic mass is 10.0. The molecule has 0 amide bonds. The quantitative estimate of drug-likeness (QED) is 0.843. The van der Waals surface area contributed by atoms with Gasteiger partial charge < -0.3 is 5.73 Å². The summed E-state index contributed by atoms with van der Waals surface area (Å²) in [4.78, 5) is 0. The zero-order valence-corrected chi connectivity index (χ0v) is 10.0. The van der Waals surface area contributed by atoms with Crippen molar-refractivity contribution in [2.75, 3.05) is 12.0 Å². The lowest BCUT2D eigenvalue weighted by Gasteiger charge is -2.14. The third-order valence-electron chi connectivity index (χ3n) is 2.36. The van der Waals surface area contributed by atoms with Gasteiger partial charge in [-0.1, -0.05) is 6.07 Å². The van der Waals surface area contributed by atoms with Crippen LogP contribution in [0.25, 0.3) is 0 Å². The minimum Gasteiger partial charge on any atom is -0.324 e. The summed E-state index contributed by atoms with van der Waals surface area (Å²) in [6.07, 6.45) is -2.23. The Kier molecular flexibility index (Phi) is 4.82. The SMILES string of the molecule is CSCCC(N)c1ccc(F)c(C(F)(F)F)c1. The molecule has 0 aromatic heterocycles. The van der Waals surface area contributed by atoms with Crippen LogP contribution in [-0.2, 0) is 6.18 Å². The summed E-state index contributed by atoms with van der Waals surface area (Å²) in [5.74, 6) is -0.516. The Morgan fingerprint density at radius 1 is 1.35 bits per heavy atom. The lowest BCUT2D eigenvalue weighted by molar-refractivity contribution is -0.140. The largest absolute Gasteiger partial charge is 0.419 e. The highest BCUT2D eigenvalue weighted by Crippen LogP contribution is 2.33. The topological polar surface area (TPSA) is 26.0 Å². The van der Waals surface area contributed by atoms with Gasteiger partial charge in [-0.15, -0.1) is 0 Å². The van der Waals surface area contributed by atoms with Crippen LogP contribution in [0.1, 0.15) is 23.6 Å².